The minimum Gasteiger partial charge on any atom is -0.494 e. The van der Waals surface area contributed by atoms with Crippen LogP contribution in [0.2, 0.25) is 0 Å². The van der Waals surface area contributed by atoms with Gasteiger partial charge in [0.15, 0.2) is 5.13 Å². The summed E-state index contributed by atoms with van der Waals surface area (Å²) in [6.07, 6.45) is 1.61. The number of hydrogen-bond acceptors (Lipinski definition) is 5. The minimum atomic E-state index is -0.223. The molecule has 0 spiro atoms. The number of carbonyl (C=O) groups excluding carboxylic acids is 1. The Kier molecular flexibility index (Phi) is 4.80. The molecule has 4 rings (SSSR count). The van der Waals surface area contributed by atoms with Crippen LogP contribution in [-0.2, 0) is 0 Å². The number of anilines is 2. The van der Waals surface area contributed by atoms with Crippen LogP contribution in [0.4, 0.5) is 10.8 Å². The fourth-order valence-electron chi connectivity index (χ4n) is 2.73. The molecule has 134 valence electrons. The summed E-state index contributed by atoms with van der Waals surface area (Å²) in [5, 5.41) is 0.607. The van der Waals surface area contributed by atoms with Crippen LogP contribution in [0, 0.1) is 0 Å². The van der Waals surface area contributed by atoms with E-state index in [9.17, 15) is 4.79 Å². The van der Waals surface area contributed by atoms with Crippen LogP contribution >= 0.6 is 11.3 Å². The van der Waals surface area contributed by atoms with Crippen molar-refractivity contribution in [2.24, 2.45) is 0 Å². The molecule has 27 heavy (non-hydrogen) atoms. The van der Waals surface area contributed by atoms with Gasteiger partial charge in [0.2, 0.25) is 0 Å². The number of rotatable bonds is 5. The highest BCUT2D eigenvalue weighted by atomic mass is 32.1. The number of aromatic nitrogens is 2. The fourth-order valence-corrected chi connectivity index (χ4v) is 3.72. The van der Waals surface area contributed by atoms with Crippen LogP contribution in [0.5, 0.6) is 5.75 Å². The molecule has 2 heterocycles. The van der Waals surface area contributed by atoms with E-state index in [4.69, 9.17) is 4.74 Å². The van der Waals surface area contributed by atoms with Crippen molar-refractivity contribution in [3.63, 3.8) is 0 Å². The third-order valence-electron chi connectivity index (χ3n) is 3.97. The fraction of sp³-hybridized carbons (Fsp3) is 0.0952. The number of para-hydroxylation sites is 1. The van der Waals surface area contributed by atoms with Crippen molar-refractivity contribution in [1.29, 1.82) is 0 Å². The summed E-state index contributed by atoms with van der Waals surface area (Å²) in [6, 6.07) is 20.6. The zero-order valence-corrected chi connectivity index (χ0v) is 15.5. The number of thiazole rings is 1. The van der Waals surface area contributed by atoms with Gasteiger partial charge in [-0.3, -0.25) is 14.7 Å². The number of hydrogen-bond donors (Lipinski definition) is 0. The summed E-state index contributed by atoms with van der Waals surface area (Å²) < 4.78 is 6.54. The summed E-state index contributed by atoms with van der Waals surface area (Å²) in [4.78, 5) is 23.7. The lowest BCUT2D eigenvalue weighted by molar-refractivity contribution is 0.0994. The topological polar surface area (TPSA) is 55.3 Å². The van der Waals surface area contributed by atoms with Gasteiger partial charge in [-0.2, -0.15) is 0 Å². The lowest BCUT2D eigenvalue weighted by Crippen LogP contribution is -2.26. The van der Waals surface area contributed by atoms with Crippen LogP contribution in [0.3, 0.4) is 0 Å². The first-order chi connectivity index (χ1) is 13.3. The van der Waals surface area contributed by atoms with Crippen LogP contribution < -0.4 is 9.64 Å². The SMILES string of the molecule is CCOc1ccc(N(C(=O)c2ccccn2)c2nc3ccccc3s2)cc1. The van der Waals surface area contributed by atoms with Gasteiger partial charge < -0.3 is 4.74 Å². The van der Waals surface area contributed by atoms with Crippen molar-refractivity contribution in [2.75, 3.05) is 11.5 Å². The van der Waals surface area contributed by atoms with Gasteiger partial charge in [-0.15, -0.1) is 0 Å². The lowest BCUT2D eigenvalue weighted by atomic mass is 10.2. The van der Waals surface area contributed by atoms with Crippen LogP contribution in [0.15, 0.2) is 72.9 Å². The Morgan fingerprint density at radius 2 is 1.81 bits per heavy atom. The first kappa shape index (κ1) is 17.2. The van der Waals surface area contributed by atoms with Crippen LogP contribution in [0.1, 0.15) is 17.4 Å². The van der Waals surface area contributed by atoms with E-state index in [0.717, 1.165) is 16.0 Å². The van der Waals surface area contributed by atoms with Crippen molar-refractivity contribution in [3.8, 4) is 5.75 Å². The van der Waals surface area contributed by atoms with Crippen molar-refractivity contribution in [3.05, 3.63) is 78.6 Å². The first-order valence-electron chi connectivity index (χ1n) is 8.60. The molecule has 0 aliphatic heterocycles. The smallest absolute Gasteiger partial charge is 0.283 e. The number of benzene rings is 2. The van der Waals surface area contributed by atoms with Crippen LogP contribution in [0.25, 0.3) is 10.2 Å². The maximum absolute atomic E-state index is 13.2. The Labute approximate surface area is 160 Å². The van der Waals surface area contributed by atoms with Crippen LogP contribution in [-0.4, -0.2) is 22.5 Å². The summed E-state index contributed by atoms with van der Waals surface area (Å²) in [5.74, 6) is 0.537. The highest BCUT2D eigenvalue weighted by Gasteiger charge is 2.24. The van der Waals surface area contributed by atoms with Gasteiger partial charge in [-0.05, 0) is 55.5 Å². The van der Waals surface area contributed by atoms with Crippen molar-refractivity contribution in [1.82, 2.24) is 9.97 Å². The largest absolute Gasteiger partial charge is 0.494 e. The van der Waals surface area contributed by atoms with E-state index in [2.05, 4.69) is 9.97 Å². The molecule has 2 aromatic heterocycles. The Morgan fingerprint density at radius 1 is 1.04 bits per heavy atom. The standard InChI is InChI=1S/C21H17N3O2S/c1-2-26-16-12-10-15(11-13-16)24(20(25)18-8-5-6-14-22-18)21-23-17-7-3-4-9-19(17)27-21/h3-14H,2H2,1H3. The summed E-state index contributed by atoms with van der Waals surface area (Å²) in [7, 11) is 0. The van der Waals surface area contributed by atoms with Crippen molar-refractivity contribution in [2.45, 2.75) is 6.92 Å². The third kappa shape index (κ3) is 3.52. The summed E-state index contributed by atoms with van der Waals surface area (Å²) >= 11 is 1.47. The Balaban J connectivity index is 1.80. The van der Waals surface area contributed by atoms with Gasteiger partial charge in [-0.25, -0.2) is 4.98 Å². The van der Waals surface area contributed by atoms with E-state index in [0.29, 0.717) is 23.1 Å². The molecule has 0 unspecified atom stereocenters. The molecule has 0 fully saturated rings. The molecule has 5 nitrogen and oxygen atoms in total. The molecule has 0 saturated carbocycles. The third-order valence-corrected chi connectivity index (χ3v) is 4.99. The molecule has 0 saturated heterocycles. The summed E-state index contributed by atoms with van der Waals surface area (Å²) in [5.41, 5.74) is 1.95. The molecule has 4 aromatic rings. The molecular weight excluding hydrogens is 358 g/mol. The second-order valence-electron chi connectivity index (χ2n) is 5.75. The average molecular weight is 375 g/mol. The molecule has 2 aromatic carbocycles. The minimum absolute atomic E-state index is 0.223. The lowest BCUT2D eigenvalue weighted by Gasteiger charge is -2.20. The number of fused-ring (bicyclic) bond motifs is 1. The van der Waals surface area contributed by atoms with Crippen molar-refractivity contribution < 1.29 is 9.53 Å². The highest BCUT2D eigenvalue weighted by Crippen LogP contribution is 2.35. The zero-order chi connectivity index (χ0) is 18.6. The molecule has 0 aliphatic rings. The molecule has 0 aliphatic carbocycles. The second kappa shape index (κ2) is 7.55. The predicted octanol–water partition coefficient (Wildman–Crippen LogP) is 5.07. The molecule has 0 N–H and O–H groups in total. The molecule has 1 amide bonds. The monoisotopic (exact) mass is 375 g/mol. The van der Waals surface area contributed by atoms with E-state index in [1.54, 1.807) is 29.3 Å². The van der Waals surface area contributed by atoms with Gasteiger partial charge in [0.05, 0.1) is 22.5 Å². The summed E-state index contributed by atoms with van der Waals surface area (Å²) in [6.45, 7) is 2.53. The maximum atomic E-state index is 13.2. The van der Waals surface area contributed by atoms with E-state index >= 15 is 0 Å². The molecular formula is C21H17N3O2S. The van der Waals surface area contributed by atoms with E-state index in [1.165, 1.54) is 11.3 Å². The number of pyridine rings is 1. The number of nitrogens with zero attached hydrogens (tertiary/aromatic N) is 3. The average Bonchev–Trinajstić information content (AvgIpc) is 3.14. The van der Waals surface area contributed by atoms with Gasteiger partial charge in [-0.1, -0.05) is 29.5 Å². The highest BCUT2D eigenvalue weighted by molar-refractivity contribution is 7.22. The molecule has 0 atom stereocenters. The van der Waals surface area contributed by atoms with E-state index < -0.39 is 0 Å². The normalized spacial score (nSPS) is 10.7. The maximum Gasteiger partial charge on any atom is 0.283 e. The quantitative estimate of drug-likeness (QED) is 0.489. The molecule has 0 radical (unpaired) electrons. The molecule has 0 bridgehead atoms. The van der Waals surface area contributed by atoms with Crippen molar-refractivity contribution >= 4 is 38.3 Å². The van der Waals surface area contributed by atoms with E-state index in [-0.39, 0.29) is 5.91 Å². The van der Waals surface area contributed by atoms with Gasteiger partial charge in [0.1, 0.15) is 11.4 Å². The first-order valence-corrected chi connectivity index (χ1v) is 9.42. The number of carbonyl (C=O) groups is 1. The van der Waals surface area contributed by atoms with Gasteiger partial charge in [0.25, 0.3) is 5.91 Å². The number of amides is 1. The number of ether oxygens (including phenoxy) is 1. The molecule has 6 heteroatoms. The zero-order valence-electron chi connectivity index (χ0n) is 14.7. The van der Waals surface area contributed by atoms with Gasteiger partial charge >= 0.3 is 0 Å². The second-order valence-corrected chi connectivity index (χ2v) is 6.76. The Hall–Kier alpha value is -3.25. The predicted molar refractivity (Wildman–Crippen MR) is 108 cm³/mol. The Bertz CT molecular complexity index is 1030. The van der Waals surface area contributed by atoms with Gasteiger partial charge in [0, 0.05) is 6.20 Å². The Morgan fingerprint density at radius 3 is 2.52 bits per heavy atom. The van der Waals surface area contributed by atoms with E-state index in [1.807, 2.05) is 55.5 Å².